The van der Waals surface area contributed by atoms with Crippen molar-refractivity contribution in [1.82, 2.24) is 4.90 Å². The number of piperidine rings is 1. The van der Waals surface area contributed by atoms with Crippen molar-refractivity contribution in [2.75, 3.05) is 26.2 Å². The molecule has 2 N–H and O–H groups in total. The van der Waals surface area contributed by atoms with Crippen molar-refractivity contribution < 1.29 is 4.74 Å². The molecule has 0 saturated carbocycles. The van der Waals surface area contributed by atoms with E-state index in [2.05, 4.69) is 30.0 Å². The molecule has 1 aromatic rings. The summed E-state index contributed by atoms with van der Waals surface area (Å²) in [4.78, 5) is 2.51. The topological polar surface area (TPSA) is 38.5 Å². The van der Waals surface area contributed by atoms with Gasteiger partial charge in [-0.1, -0.05) is 25.1 Å². The molecule has 1 atom stereocenters. The summed E-state index contributed by atoms with van der Waals surface area (Å²) in [5.41, 5.74) is 7.10. The number of para-hydroxylation sites is 1. The molecule has 0 spiro atoms. The summed E-state index contributed by atoms with van der Waals surface area (Å²) >= 11 is 0. The normalized spacial score (nSPS) is 20.4. The molecule has 3 heteroatoms. The van der Waals surface area contributed by atoms with Crippen LogP contribution in [0.15, 0.2) is 24.3 Å². The van der Waals surface area contributed by atoms with Crippen LogP contribution in [0.3, 0.4) is 0 Å². The second kappa shape index (κ2) is 7.51. The molecule has 2 rings (SSSR count). The molecule has 1 unspecified atom stereocenters. The Bertz CT molecular complexity index is 381. The lowest BCUT2D eigenvalue weighted by Gasteiger charge is -2.32. The molecular formula is C16H26N2O. The molecule has 0 aromatic heterocycles. The van der Waals surface area contributed by atoms with Crippen LogP contribution < -0.4 is 10.5 Å². The lowest BCUT2D eigenvalue weighted by Crippen LogP contribution is -2.37. The summed E-state index contributed by atoms with van der Waals surface area (Å²) in [5, 5.41) is 0. The molecule has 1 aliphatic heterocycles. The highest BCUT2D eigenvalue weighted by Crippen LogP contribution is 2.23. The van der Waals surface area contributed by atoms with Crippen molar-refractivity contribution in [3.8, 4) is 5.75 Å². The second-order valence-electron chi connectivity index (χ2n) is 5.44. The zero-order chi connectivity index (χ0) is 13.5. The number of likely N-dealkylation sites (tertiary alicyclic amines) is 1. The van der Waals surface area contributed by atoms with Gasteiger partial charge in [0.05, 0.1) is 6.61 Å². The van der Waals surface area contributed by atoms with Crippen LogP contribution in [0.25, 0.3) is 0 Å². The quantitative estimate of drug-likeness (QED) is 0.856. The highest BCUT2D eigenvalue weighted by Gasteiger charge is 2.19. The van der Waals surface area contributed by atoms with Gasteiger partial charge < -0.3 is 10.5 Å². The maximum absolute atomic E-state index is 5.83. The zero-order valence-corrected chi connectivity index (χ0v) is 12.0. The molecular weight excluding hydrogens is 236 g/mol. The molecule has 106 valence electrons. The van der Waals surface area contributed by atoms with Crippen molar-refractivity contribution in [2.45, 2.75) is 32.7 Å². The maximum Gasteiger partial charge on any atom is 0.123 e. The van der Waals surface area contributed by atoms with E-state index < -0.39 is 0 Å². The summed E-state index contributed by atoms with van der Waals surface area (Å²) < 4.78 is 5.83. The van der Waals surface area contributed by atoms with Gasteiger partial charge in [-0.25, -0.2) is 0 Å². The van der Waals surface area contributed by atoms with Gasteiger partial charge in [-0.2, -0.15) is 0 Å². The number of ether oxygens (including phenoxy) is 1. The van der Waals surface area contributed by atoms with Crippen molar-refractivity contribution in [3.63, 3.8) is 0 Å². The van der Waals surface area contributed by atoms with Gasteiger partial charge in [0.25, 0.3) is 0 Å². The Morgan fingerprint density at radius 3 is 3.00 bits per heavy atom. The van der Waals surface area contributed by atoms with Crippen LogP contribution in [0, 0.1) is 5.92 Å². The third-order valence-electron chi connectivity index (χ3n) is 3.76. The summed E-state index contributed by atoms with van der Waals surface area (Å²) in [5.74, 6) is 1.71. The van der Waals surface area contributed by atoms with Gasteiger partial charge in [0.1, 0.15) is 5.75 Å². The average molecular weight is 262 g/mol. The summed E-state index contributed by atoms with van der Waals surface area (Å²) in [6.07, 6.45) is 3.59. The van der Waals surface area contributed by atoms with E-state index >= 15 is 0 Å². The monoisotopic (exact) mass is 262 g/mol. The fourth-order valence-corrected chi connectivity index (χ4v) is 2.72. The Morgan fingerprint density at radius 2 is 2.21 bits per heavy atom. The SMILES string of the molecule is CCCOc1ccccc1CN1CCCC(CN)C1. The molecule has 0 radical (unpaired) electrons. The summed E-state index contributed by atoms with van der Waals surface area (Å²) in [6, 6.07) is 8.40. The standard InChI is InChI=1S/C16H26N2O/c1-2-10-19-16-8-4-3-7-15(16)13-18-9-5-6-14(11-17)12-18/h3-4,7-8,14H,2,5-6,9-13,17H2,1H3. The number of rotatable bonds is 6. The van der Waals surface area contributed by atoms with Crippen LogP contribution in [0.4, 0.5) is 0 Å². The van der Waals surface area contributed by atoms with Gasteiger partial charge in [0, 0.05) is 18.7 Å². The first kappa shape index (κ1) is 14.4. The minimum absolute atomic E-state index is 0.664. The van der Waals surface area contributed by atoms with Gasteiger partial charge in [-0.05, 0) is 44.3 Å². The van der Waals surface area contributed by atoms with Gasteiger partial charge in [-0.3, -0.25) is 4.90 Å². The van der Waals surface area contributed by atoms with Crippen LogP contribution in [-0.2, 0) is 6.54 Å². The highest BCUT2D eigenvalue weighted by atomic mass is 16.5. The van der Waals surface area contributed by atoms with Crippen LogP contribution in [-0.4, -0.2) is 31.1 Å². The molecule has 0 amide bonds. The Kier molecular flexibility index (Phi) is 5.67. The number of benzene rings is 1. The molecule has 1 heterocycles. The van der Waals surface area contributed by atoms with Crippen molar-refractivity contribution in [2.24, 2.45) is 11.7 Å². The number of hydrogen-bond acceptors (Lipinski definition) is 3. The average Bonchev–Trinajstić information content (AvgIpc) is 2.46. The maximum atomic E-state index is 5.83. The molecule has 1 aromatic carbocycles. The number of nitrogens with zero attached hydrogens (tertiary/aromatic N) is 1. The fraction of sp³-hybridized carbons (Fsp3) is 0.625. The molecule has 1 saturated heterocycles. The molecule has 0 bridgehead atoms. The Balaban J connectivity index is 1.97. The van der Waals surface area contributed by atoms with E-state index in [9.17, 15) is 0 Å². The zero-order valence-electron chi connectivity index (χ0n) is 12.0. The fourth-order valence-electron chi connectivity index (χ4n) is 2.72. The predicted molar refractivity (Wildman–Crippen MR) is 79.3 cm³/mol. The predicted octanol–water partition coefficient (Wildman–Crippen LogP) is 2.65. The molecule has 0 aliphatic carbocycles. The van der Waals surface area contributed by atoms with Crippen LogP contribution in [0.2, 0.25) is 0 Å². The van der Waals surface area contributed by atoms with Gasteiger partial charge in [-0.15, -0.1) is 0 Å². The minimum Gasteiger partial charge on any atom is -0.493 e. The molecule has 1 fully saturated rings. The number of hydrogen-bond donors (Lipinski definition) is 1. The van der Waals surface area contributed by atoms with E-state index in [0.717, 1.165) is 38.4 Å². The van der Waals surface area contributed by atoms with Gasteiger partial charge in [0.2, 0.25) is 0 Å². The van der Waals surface area contributed by atoms with Gasteiger partial charge >= 0.3 is 0 Å². The van der Waals surface area contributed by atoms with E-state index in [1.807, 2.05) is 6.07 Å². The Labute approximate surface area is 116 Å². The molecule has 19 heavy (non-hydrogen) atoms. The van der Waals surface area contributed by atoms with Crippen LogP contribution >= 0.6 is 0 Å². The smallest absolute Gasteiger partial charge is 0.123 e. The van der Waals surface area contributed by atoms with Crippen molar-refractivity contribution in [3.05, 3.63) is 29.8 Å². The first-order valence-corrected chi connectivity index (χ1v) is 7.46. The van der Waals surface area contributed by atoms with Crippen LogP contribution in [0.5, 0.6) is 5.75 Å². The van der Waals surface area contributed by atoms with E-state index in [1.54, 1.807) is 0 Å². The lowest BCUT2D eigenvalue weighted by atomic mass is 9.98. The second-order valence-corrected chi connectivity index (χ2v) is 5.44. The lowest BCUT2D eigenvalue weighted by molar-refractivity contribution is 0.168. The third-order valence-corrected chi connectivity index (χ3v) is 3.76. The van der Waals surface area contributed by atoms with Crippen LogP contribution in [0.1, 0.15) is 31.7 Å². The van der Waals surface area contributed by atoms with Crippen molar-refractivity contribution in [1.29, 1.82) is 0 Å². The Hall–Kier alpha value is -1.06. The molecule has 3 nitrogen and oxygen atoms in total. The Morgan fingerprint density at radius 1 is 1.37 bits per heavy atom. The third kappa shape index (κ3) is 4.22. The van der Waals surface area contributed by atoms with E-state index in [-0.39, 0.29) is 0 Å². The first-order chi connectivity index (χ1) is 9.33. The summed E-state index contributed by atoms with van der Waals surface area (Å²) in [7, 11) is 0. The minimum atomic E-state index is 0.664. The van der Waals surface area contributed by atoms with E-state index in [4.69, 9.17) is 10.5 Å². The van der Waals surface area contributed by atoms with Crippen molar-refractivity contribution >= 4 is 0 Å². The summed E-state index contributed by atoms with van der Waals surface area (Å²) in [6.45, 7) is 7.03. The largest absolute Gasteiger partial charge is 0.493 e. The molecule has 1 aliphatic rings. The van der Waals surface area contributed by atoms with Gasteiger partial charge in [0.15, 0.2) is 0 Å². The van der Waals surface area contributed by atoms with E-state index in [0.29, 0.717) is 5.92 Å². The number of nitrogens with two attached hydrogens (primary N) is 1. The highest BCUT2D eigenvalue weighted by molar-refractivity contribution is 5.33. The van der Waals surface area contributed by atoms with E-state index in [1.165, 1.54) is 24.9 Å². The first-order valence-electron chi connectivity index (χ1n) is 7.46.